The van der Waals surface area contributed by atoms with Crippen molar-refractivity contribution < 1.29 is 240 Å². The molecule has 6 rings (SSSR count). The van der Waals surface area contributed by atoms with Gasteiger partial charge in [0.1, 0.15) is 110 Å². The van der Waals surface area contributed by atoms with Crippen molar-refractivity contribution in [1.29, 1.82) is 0 Å². The second kappa shape index (κ2) is 34.0. The molecule has 0 radical (unpaired) electrons. The van der Waals surface area contributed by atoms with Crippen molar-refractivity contribution in [2.45, 2.75) is 199 Å². The largest absolute Gasteiger partial charge is 0.479 e. The van der Waals surface area contributed by atoms with Crippen molar-refractivity contribution in [1.82, 2.24) is 10.0 Å². The monoisotopic (exact) mass is 1620 g/mol. The molecule has 6 saturated heterocycles. The van der Waals surface area contributed by atoms with E-state index in [0.717, 1.165) is 11.6 Å². The third kappa shape index (κ3) is 23.4. The number of hydrogen-bond donors (Lipinski definition) is 18. The summed E-state index contributed by atoms with van der Waals surface area (Å²) >= 11 is 0. The lowest BCUT2D eigenvalue weighted by atomic mass is 9.94. The molecular weight excluding hydrogens is 1560 g/mol. The second-order valence-electron chi connectivity index (χ2n) is 21.8. The molecule has 6 fully saturated rings. The molecule has 1 amide bonds. The number of amides is 1. The Kier molecular flexibility index (Phi) is 28.8. The van der Waals surface area contributed by atoms with Crippen molar-refractivity contribution in [3.05, 3.63) is 0 Å². The molecule has 590 valence electrons. The van der Waals surface area contributed by atoms with E-state index in [1.165, 1.54) is 0 Å². The topological polar surface area (TPSA) is 821 Å². The van der Waals surface area contributed by atoms with Gasteiger partial charge in [-0.25, -0.2) is 35.3 Å². The summed E-state index contributed by atoms with van der Waals surface area (Å²) in [6.07, 6.45) is -73.4. The highest BCUT2D eigenvalue weighted by molar-refractivity contribution is 7.84. The van der Waals surface area contributed by atoms with Crippen LogP contribution in [0.1, 0.15) is 20.8 Å². The molecule has 0 aromatic rings. The minimum atomic E-state index is -6.39. The number of hydrogen-bond acceptors (Lipinski definition) is 43. The van der Waals surface area contributed by atoms with Gasteiger partial charge >= 0.3 is 92.1 Å². The summed E-state index contributed by atoms with van der Waals surface area (Å²) in [7, 11) is -35.6. The number of aliphatic carboxylic acids is 3. The van der Waals surface area contributed by atoms with Gasteiger partial charge in [-0.2, -0.15) is 55.2 Å². The van der Waals surface area contributed by atoms with E-state index in [9.17, 15) is 153 Å². The Morgan fingerprint density at radius 2 is 0.716 bits per heavy atom. The van der Waals surface area contributed by atoms with Crippen LogP contribution in [0.15, 0.2) is 0 Å². The van der Waals surface area contributed by atoms with Crippen LogP contribution >= 0.6 is 0 Å². The third-order valence-corrected chi connectivity index (χ3v) is 17.4. The first-order chi connectivity index (χ1) is 46.7. The van der Waals surface area contributed by atoms with E-state index in [2.05, 4.69) is 20.9 Å². The number of rotatable bonds is 32. The molecule has 0 aliphatic carbocycles. The van der Waals surface area contributed by atoms with Gasteiger partial charge in [-0.05, 0) is 0 Å². The summed E-state index contributed by atoms with van der Waals surface area (Å²) in [5, 5.41) is 111. The fraction of sp³-hybridized carbons (Fsp3) is 0.857. The molecule has 0 saturated carbocycles. The van der Waals surface area contributed by atoms with Crippen LogP contribution in [0.4, 0.5) is 0 Å². The molecule has 0 aromatic heterocycles. The van der Waals surface area contributed by atoms with Crippen LogP contribution in [0.2, 0.25) is 0 Å². The van der Waals surface area contributed by atoms with Gasteiger partial charge < -0.3 is 118 Å². The molecule has 29 atom stereocenters. The number of carbonyl (C=O) groups is 6. The highest BCUT2D eigenvalue weighted by Gasteiger charge is 2.63. The maximum absolute atomic E-state index is 13.3. The lowest BCUT2D eigenvalue weighted by Gasteiger charge is -2.50. The summed E-state index contributed by atoms with van der Waals surface area (Å²) in [5.74, 6) is -11.0. The van der Waals surface area contributed by atoms with Gasteiger partial charge in [0, 0.05) is 20.8 Å². The van der Waals surface area contributed by atoms with Crippen LogP contribution in [0.5, 0.6) is 0 Å². The van der Waals surface area contributed by atoms with Gasteiger partial charge in [-0.1, -0.05) is 0 Å². The van der Waals surface area contributed by atoms with Gasteiger partial charge in [0.2, 0.25) is 5.91 Å². The number of carboxylic acids is 3. The smallest absolute Gasteiger partial charge is 0.397 e. The van der Waals surface area contributed by atoms with Crippen molar-refractivity contribution >= 4 is 98.1 Å². The number of carbonyl (C=O) groups excluding carboxylic acids is 3. The quantitative estimate of drug-likeness (QED) is 0.0220. The van der Waals surface area contributed by atoms with Crippen molar-refractivity contribution in [3.8, 4) is 0 Å². The summed E-state index contributed by atoms with van der Waals surface area (Å²) in [6.45, 7) is -4.21. The number of aliphatic hydroxyl groups excluding tert-OH is 7. The summed E-state index contributed by atoms with van der Waals surface area (Å²) in [6, 6.07) is -5.59. The van der Waals surface area contributed by atoms with Crippen LogP contribution in [0.3, 0.4) is 0 Å². The molecule has 0 spiro atoms. The molecule has 6 aliphatic heterocycles. The lowest BCUT2D eigenvalue weighted by molar-refractivity contribution is -0.375. The summed E-state index contributed by atoms with van der Waals surface area (Å²) in [5.41, 5.74) is 0. The van der Waals surface area contributed by atoms with Crippen molar-refractivity contribution in [2.24, 2.45) is 0 Å². The van der Waals surface area contributed by atoms with Gasteiger partial charge in [0.05, 0.1) is 26.4 Å². The van der Waals surface area contributed by atoms with E-state index in [1.807, 2.05) is 5.32 Å². The van der Waals surface area contributed by atoms with Gasteiger partial charge in [0.15, 0.2) is 68.1 Å². The normalized spacial score (nSPS) is 38.9. The van der Waals surface area contributed by atoms with Crippen LogP contribution in [0, 0.1) is 0 Å². The Labute approximate surface area is 571 Å². The Morgan fingerprint density at radius 3 is 1.11 bits per heavy atom. The lowest BCUT2D eigenvalue weighted by Crippen LogP contribution is -2.71. The standard InChI is InChI=1S/C42H64N2O52S6/c1-8(46)43-15-18(50)24(88-40-30(82-9(2)47)20(52)19(51)29(92-40)35(55)56)13(6-80-99(67,68)69)85-38(15)90-27-21(53)31(83-10(3)48)41(93-33(27)36(57)58)89-25-14(7-81-100(70,71)72)86-39(16(44-97(61,62)63)26(25)95-101(73,74)75)91-28-22(54)32(96-102(76,77)78)42(94-34(28)37(59)60)87-23-12(5-79-98(64,65)66)84-11(4-45)17(23)49/h11-34,38-42,44-45,49-54H,4-7H2,1-3H3,(H,43,46)(H,55,56)(H,57,58)(H,59,60)(H,61,62,63)(H,64,65,66)(H,67,68,69)(H,70,71,72)(H,73,74,75)(H,76,77,78)/t11-,12-,13-,14-,15-,16-,17-,18-,19+,20+,21+,22+,23-,24-,25-,26+,27+,28+,29-,30-,31-,32-,33+,34-,38-,39-,40-,41-,42-/m1/s1. The Balaban J connectivity index is 1.43. The number of ether oxygens (including phenoxy) is 13. The average Bonchev–Trinajstić information content (AvgIpc) is 0.898. The molecule has 18 N–H and O–H groups in total. The number of nitrogens with one attached hydrogen (secondary N) is 2. The average molecular weight is 1620 g/mol. The van der Waals surface area contributed by atoms with E-state index in [4.69, 9.17) is 66.1 Å². The van der Waals surface area contributed by atoms with E-state index >= 15 is 0 Å². The Bertz CT molecular complexity index is 3700. The molecule has 0 unspecified atom stereocenters. The minimum Gasteiger partial charge on any atom is -0.479 e. The van der Waals surface area contributed by atoms with Crippen molar-refractivity contribution in [3.63, 3.8) is 0 Å². The fourth-order valence-electron chi connectivity index (χ4n) is 10.7. The van der Waals surface area contributed by atoms with Crippen LogP contribution in [0.25, 0.3) is 0 Å². The second-order valence-corrected chi connectivity index (χ2v) is 28.4. The van der Waals surface area contributed by atoms with Crippen molar-refractivity contribution in [2.75, 3.05) is 26.4 Å². The maximum Gasteiger partial charge on any atom is 0.397 e. The fourth-order valence-corrected chi connectivity index (χ4v) is 13.2. The molecule has 102 heavy (non-hydrogen) atoms. The first-order valence-corrected chi connectivity index (χ1v) is 36.1. The number of esters is 2. The molecule has 54 nitrogen and oxygen atoms in total. The molecular formula is C42H64N2O52S6. The first kappa shape index (κ1) is 86.2. The Morgan fingerprint density at radius 1 is 0.363 bits per heavy atom. The van der Waals surface area contributed by atoms with E-state index < -0.39 is 302 Å². The molecule has 6 aliphatic rings. The minimum absolute atomic E-state index is 0.508. The van der Waals surface area contributed by atoms with Crippen LogP contribution in [-0.2, 0) is 174 Å². The summed E-state index contributed by atoms with van der Waals surface area (Å²) < 4.78 is 299. The predicted octanol–water partition coefficient (Wildman–Crippen LogP) is -13.3. The van der Waals surface area contributed by atoms with Gasteiger partial charge in [-0.15, -0.1) is 0 Å². The maximum atomic E-state index is 13.3. The molecule has 60 heteroatoms. The Hall–Kier alpha value is -4.68. The third-order valence-electron chi connectivity index (χ3n) is 14.6. The van der Waals surface area contributed by atoms with E-state index in [1.54, 1.807) is 0 Å². The highest BCUT2D eigenvalue weighted by Crippen LogP contribution is 2.40. The number of aliphatic hydroxyl groups is 7. The number of carboxylic acid groups (broad SMARTS) is 3. The van der Waals surface area contributed by atoms with Crippen LogP contribution < -0.4 is 10.0 Å². The molecule has 6 heterocycles. The van der Waals surface area contributed by atoms with Gasteiger partial charge in [-0.3, -0.25) is 41.7 Å². The van der Waals surface area contributed by atoms with Crippen LogP contribution in [-0.4, -0.2) is 369 Å². The van der Waals surface area contributed by atoms with E-state index in [0.29, 0.717) is 13.8 Å². The molecule has 0 aromatic carbocycles. The zero-order valence-electron chi connectivity index (χ0n) is 50.9. The zero-order chi connectivity index (χ0) is 77.2. The van der Waals surface area contributed by atoms with Gasteiger partial charge in [0.25, 0.3) is 0 Å². The van der Waals surface area contributed by atoms with E-state index in [-0.39, 0.29) is 0 Å². The zero-order valence-corrected chi connectivity index (χ0v) is 55.8. The highest BCUT2D eigenvalue weighted by atomic mass is 32.3. The predicted molar refractivity (Wildman–Crippen MR) is 295 cm³/mol. The SMILES string of the molecule is CC(=O)N[C@H]1[C@@H](O[C@H]2[C@H](O)[C@@H](OC(C)=O)[C@H](O[C@H]3[C@@H](OS(=O)(=O)O)[C@@H](NS(=O)(=O)O)[C@@H](O[C@H]4[C@H](O)[C@@H](OS(=O)(=O)O)[C@H](O[C@H]5[C@H](O)[C@@H](CO)O[C@@H]5COS(=O)(=O)O)O[C@H]4C(=O)O)O[C@@H]3COS(=O)(=O)O)O[C@@H]2C(=O)O)O[C@H](COS(=O)(=O)O)[C@@H](O[C@@H]2O[C@@H](C(=O)O)[C@@H](O)[C@H](O)[C@H]2OC(C)=O)[C@@H]1O. The molecule has 0 bridgehead atoms. The summed E-state index contributed by atoms with van der Waals surface area (Å²) in [4.78, 5) is 76.2. The first-order valence-electron chi connectivity index (χ1n) is 27.8.